The highest BCUT2D eigenvalue weighted by Gasteiger charge is 2.21. The maximum atomic E-state index is 11.9. The molecule has 1 fully saturated rings. The summed E-state index contributed by atoms with van der Waals surface area (Å²) >= 11 is 3.46. The van der Waals surface area contributed by atoms with Gasteiger partial charge in [-0.05, 0) is 25.1 Å². The number of pyridine rings is 1. The molecule has 0 unspecified atom stereocenters. The van der Waals surface area contributed by atoms with Crippen LogP contribution >= 0.6 is 15.9 Å². The SMILES string of the molecule is CS(=O)(=O)c1cccnc1N1CCCN(CCBr)CC1. The zero-order valence-corrected chi connectivity index (χ0v) is 14.0. The Balaban J connectivity index is 2.20. The summed E-state index contributed by atoms with van der Waals surface area (Å²) in [5, 5.41) is 0.963. The van der Waals surface area contributed by atoms with Gasteiger partial charge in [0.05, 0.1) is 0 Å². The molecule has 7 heteroatoms. The average Bonchev–Trinajstić information content (AvgIpc) is 2.64. The van der Waals surface area contributed by atoms with Crippen LogP contribution in [0.25, 0.3) is 0 Å². The van der Waals surface area contributed by atoms with Crippen LogP contribution < -0.4 is 4.90 Å². The lowest BCUT2D eigenvalue weighted by molar-refractivity contribution is 0.313. The molecule has 0 aromatic carbocycles. The van der Waals surface area contributed by atoms with Gasteiger partial charge in [-0.15, -0.1) is 0 Å². The summed E-state index contributed by atoms with van der Waals surface area (Å²) in [6.45, 7) is 4.66. The molecule has 0 saturated carbocycles. The molecule has 1 saturated heterocycles. The van der Waals surface area contributed by atoms with Gasteiger partial charge in [-0.2, -0.15) is 0 Å². The first-order valence-corrected chi connectivity index (χ1v) is 9.72. The Kier molecular flexibility index (Phi) is 5.40. The Morgan fingerprint density at radius 1 is 1.30 bits per heavy atom. The molecule has 0 spiro atoms. The van der Waals surface area contributed by atoms with Crippen LogP contribution in [-0.2, 0) is 9.84 Å². The molecule has 112 valence electrons. The smallest absolute Gasteiger partial charge is 0.179 e. The Labute approximate surface area is 129 Å². The van der Waals surface area contributed by atoms with Gasteiger partial charge in [0, 0.05) is 44.0 Å². The molecule has 5 nitrogen and oxygen atoms in total. The highest BCUT2D eigenvalue weighted by molar-refractivity contribution is 9.09. The predicted molar refractivity (Wildman–Crippen MR) is 84.4 cm³/mol. The largest absolute Gasteiger partial charge is 0.354 e. The van der Waals surface area contributed by atoms with E-state index in [-0.39, 0.29) is 0 Å². The first-order valence-electron chi connectivity index (χ1n) is 6.70. The van der Waals surface area contributed by atoms with Crippen LogP contribution in [0.5, 0.6) is 0 Å². The minimum Gasteiger partial charge on any atom is -0.354 e. The van der Waals surface area contributed by atoms with Gasteiger partial charge in [-0.3, -0.25) is 0 Å². The normalized spacial score (nSPS) is 18.0. The average molecular weight is 362 g/mol. The number of rotatable bonds is 4. The Morgan fingerprint density at radius 2 is 2.10 bits per heavy atom. The minimum atomic E-state index is -3.24. The third-order valence-corrected chi connectivity index (χ3v) is 4.91. The number of aromatic nitrogens is 1. The number of halogens is 1. The van der Waals surface area contributed by atoms with E-state index in [1.165, 1.54) is 6.26 Å². The molecule has 0 atom stereocenters. The molecule has 0 N–H and O–H groups in total. The summed E-state index contributed by atoms with van der Waals surface area (Å²) in [5.74, 6) is 0.593. The first kappa shape index (κ1) is 15.7. The van der Waals surface area contributed by atoms with Crippen LogP contribution in [0.15, 0.2) is 23.2 Å². The Hall–Kier alpha value is -0.660. The minimum absolute atomic E-state index is 0.328. The molecule has 20 heavy (non-hydrogen) atoms. The van der Waals surface area contributed by atoms with Gasteiger partial charge < -0.3 is 9.80 Å². The molecule has 1 aromatic rings. The summed E-state index contributed by atoms with van der Waals surface area (Å²) in [4.78, 5) is 9.10. The van der Waals surface area contributed by atoms with E-state index in [1.54, 1.807) is 18.3 Å². The number of hydrogen-bond acceptors (Lipinski definition) is 5. The van der Waals surface area contributed by atoms with E-state index in [9.17, 15) is 8.42 Å². The van der Waals surface area contributed by atoms with E-state index < -0.39 is 9.84 Å². The van der Waals surface area contributed by atoms with Gasteiger partial charge in [-0.1, -0.05) is 15.9 Å². The highest BCUT2D eigenvalue weighted by atomic mass is 79.9. The van der Waals surface area contributed by atoms with E-state index in [2.05, 4.69) is 30.7 Å². The maximum absolute atomic E-state index is 11.9. The van der Waals surface area contributed by atoms with Crippen LogP contribution in [0, 0.1) is 0 Å². The van der Waals surface area contributed by atoms with Crippen LogP contribution in [0.3, 0.4) is 0 Å². The summed E-state index contributed by atoms with van der Waals surface area (Å²) < 4.78 is 23.7. The van der Waals surface area contributed by atoms with Crippen molar-refractivity contribution in [3.05, 3.63) is 18.3 Å². The van der Waals surface area contributed by atoms with Crippen molar-refractivity contribution < 1.29 is 8.42 Å². The lowest BCUT2D eigenvalue weighted by Crippen LogP contribution is -2.32. The second-order valence-corrected chi connectivity index (χ2v) is 7.75. The van der Waals surface area contributed by atoms with Crippen LogP contribution in [0.4, 0.5) is 5.82 Å². The molecular formula is C13H20BrN3O2S. The van der Waals surface area contributed by atoms with Gasteiger partial charge in [0.2, 0.25) is 0 Å². The molecule has 2 rings (SSSR count). The molecule has 1 aliphatic rings. The molecule has 0 aliphatic carbocycles. The van der Waals surface area contributed by atoms with Crippen molar-refractivity contribution in [2.45, 2.75) is 11.3 Å². The van der Waals surface area contributed by atoms with Gasteiger partial charge in [0.15, 0.2) is 9.84 Å². The third kappa shape index (κ3) is 3.93. The second kappa shape index (κ2) is 6.87. The third-order valence-electron chi connectivity index (χ3n) is 3.44. The van der Waals surface area contributed by atoms with Crippen molar-refractivity contribution in [3.63, 3.8) is 0 Å². The lowest BCUT2D eigenvalue weighted by Gasteiger charge is -2.24. The van der Waals surface area contributed by atoms with Crippen LogP contribution in [0.2, 0.25) is 0 Å². The quantitative estimate of drug-likeness (QED) is 0.758. The predicted octanol–water partition coefficient (Wildman–Crippen LogP) is 1.39. The van der Waals surface area contributed by atoms with Crippen molar-refractivity contribution in [3.8, 4) is 0 Å². The molecule has 1 aliphatic heterocycles. The fraction of sp³-hybridized carbons (Fsp3) is 0.615. The van der Waals surface area contributed by atoms with Gasteiger partial charge in [-0.25, -0.2) is 13.4 Å². The Morgan fingerprint density at radius 3 is 2.80 bits per heavy atom. The molecule has 1 aromatic heterocycles. The summed E-state index contributed by atoms with van der Waals surface area (Å²) in [6, 6.07) is 3.31. The number of sulfone groups is 1. The number of alkyl halides is 1. The van der Waals surface area contributed by atoms with E-state index >= 15 is 0 Å². The summed E-state index contributed by atoms with van der Waals surface area (Å²) in [7, 11) is -3.24. The number of anilines is 1. The molecule has 0 amide bonds. The molecule has 0 bridgehead atoms. The van der Waals surface area contributed by atoms with Crippen molar-refractivity contribution in [1.29, 1.82) is 0 Å². The van der Waals surface area contributed by atoms with E-state index in [0.29, 0.717) is 10.7 Å². The van der Waals surface area contributed by atoms with Crippen molar-refractivity contribution in [2.75, 3.05) is 49.2 Å². The lowest BCUT2D eigenvalue weighted by atomic mass is 10.3. The number of nitrogens with zero attached hydrogens (tertiary/aromatic N) is 3. The zero-order valence-electron chi connectivity index (χ0n) is 11.6. The van der Waals surface area contributed by atoms with Gasteiger partial charge in [0.1, 0.15) is 10.7 Å². The van der Waals surface area contributed by atoms with E-state index in [1.807, 2.05) is 0 Å². The highest BCUT2D eigenvalue weighted by Crippen LogP contribution is 2.23. The molecule has 0 radical (unpaired) electrons. The molecular weight excluding hydrogens is 342 g/mol. The van der Waals surface area contributed by atoms with Gasteiger partial charge >= 0.3 is 0 Å². The van der Waals surface area contributed by atoms with Crippen LogP contribution in [-0.4, -0.2) is 62.6 Å². The monoisotopic (exact) mass is 361 g/mol. The fourth-order valence-corrected chi connectivity index (χ4v) is 3.78. The summed E-state index contributed by atoms with van der Waals surface area (Å²) in [6.07, 6.45) is 3.92. The van der Waals surface area contributed by atoms with E-state index in [4.69, 9.17) is 0 Å². The first-order chi connectivity index (χ1) is 9.52. The van der Waals surface area contributed by atoms with E-state index in [0.717, 1.165) is 44.5 Å². The Bertz CT molecular complexity index is 550. The second-order valence-electron chi connectivity index (χ2n) is 4.97. The van der Waals surface area contributed by atoms with Gasteiger partial charge in [0.25, 0.3) is 0 Å². The topological polar surface area (TPSA) is 53.5 Å². The fourth-order valence-electron chi connectivity index (χ4n) is 2.43. The summed E-state index contributed by atoms with van der Waals surface area (Å²) in [5.41, 5.74) is 0. The van der Waals surface area contributed by atoms with Crippen molar-refractivity contribution in [1.82, 2.24) is 9.88 Å². The van der Waals surface area contributed by atoms with Crippen LogP contribution in [0.1, 0.15) is 6.42 Å². The number of hydrogen-bond donors (Lipinski definition) is 0. The maximum Gasteiger partial charge on any atom is 0.179 e. The zero-order chi connectivity index (χ0) is 14.6. The van der Waals surface area contributed by atoms with Crippen molar-refractivity contribution >= 4 is 31.6 Å². The van der Waals surface area contributed by atoms with Crippen molar-refractivity contribution in [2.24, 2.45) is 0 Å². The standard InChI is InChI=1S/C13H20BrN3O2S/c1-20(18,19)12-4-2-6-15-13(12)17-8-3-7-16(9-5-14)10-11-17/h2,4,6H,3,5,7-11H2,1H3. The molecule has 2 heterocycles.